The van der Waals surface area contributed by atoms with Gasteiger partial charge in [-0.15, -0.1) is 0 Å². The molecule has 1 heterocycles. The maximum Gasteiger partial charge on any atom is 0.000967 e. The van der Waals surface area contributed by atoms with E-state index in [0.717, 1.165) is 5.92 Å². The molecular formula is C13H25N. The third-order valence-corrected chi connectivity index (χ3v) is 4.13. The summed E-state index contributed by atoms with van der Waals surface area (Å²) in [5.41, 5.74) is 0.675. The smallest absolute Gasteiger partial charge is 0.000967 e. The molecule has 1 aliphatic carbocycles. The topological polar surface area (TPSA) is 3.24 Å². The standard InChI is InChI=1S/C13H25N/c1-3-6-13(2)7-9-14(10-8-13)11-12-4-5-12/h12H,3-11H2,1-2H3. The molecule has 2 fully saturated rings. The van der Waals surface area contributed by atoms with Crippen LogP contribution in [0.1, 0.15) is 52.4 Å². The first kappa shape index (κ1) is 10.5. The van der Waals surface area contributed by atoms with Gasteiger partial charge in [-0.3, -0.25) is 0 Å². The Hall–Kier alpha value is -0.0400. The van der Waals surface area contributed by atoms with E-state index in [1.807, 2.05) is 0 Å². The predicted octanol–water partition coefficient (Wildman–Crippen LogP) is 3.30. The lowest BCUT2D eigenvalue weighted by Gasteiger charge is -2.39. The van der Waals surface area contributed by atoms with Crippen molar-refractivity contribution in [2.75, 3.05) is 19.6 Å². The third-order valence-electron chi connectivity index (χ3n) is 4.13. The molecule has 0 amide bonds. The van der Waals surface area contributed by atoms with E-state index in [1.54, 1.807) is 0 Å². The molecule has 0 unspecified atom stereocenters. The van der Waals surface area contributed by atoms with Crippen LogP contribution in [0.15, 0.2) is 0 Å². The maximum absolute atomic E-state index is 2.70. The number of rotatable bonds is 4. The second-order valence-corrected chi connectivity index (χ2v) is 5.80. The van der Waals surface area contributed by atoms with E-state index in [2.05, 4.69) is 18.7 Å². The highest BCUT2D eigenvalue weighted by Gasteiger charge is 2.31. The van der Waals surface area contributed by atoms with Gasteiger partial charge in [0.15, 0.2) is 0 Å². The van der Waals surface area contributed by atoms with E-state index in [4.69, 9.17) is 0 Å². The summed E-state index contributed by atoms with van der Waals surface area (Å²) in [6, 6.07) is 0. The molecule has 1 nitrogen and oxygen atoms in total. The summed E-state index contributed by atoms with van der Waals surface area (Å²) in [6.45, 7) is 8.95. The molecule has 82 valence electrons. The van der Waals surface area contributed by atoms with E-state index in [-0.39, 0.29) is 0 Å². The van der Waals surface area contributed by atoms with E-state index in [9.17, 15) is 0 Å². The van der Waals surface area contributed by atoms with Gasteiger partial charge < -0.3 is 4.90 Å². The summed E-state index contributed by atoms with van der Waals surface area (Å²) >= 11 is 0. The van der Waals surface area contributed by atoms with Gasteiger partial charge in [0.1, 0.15) is 0 Å². The van der Waals surface area contributed by atoms with Crippen molar-refractivity contribution in [3.8, 4) is 0 Å². The van der Waals surface area contributed by atoms with Gasteiger partial charge in [0.05, 0.1) is 0 Å². The summed E-state index contributed by atoms with van der Waals surface area (Å²) in [5, 5.41) is 0. The molecule has 0 aromatic rings. The van der Waals surface area contributed by atoms with Gasteiger partial charge in [0.2, 0.25) is 0 Å². The zero-order chi connectivity index (χ0) is 10.0. The second kappa shape index (κ2) is 4.22. The lowest BCUT2D eigenvalue weighted by Crippen LogP contribution is -2.39. The van der Waals surface area contributed by atoms with Crippen molar-refractivity contribution in [3.05, 3.63) is 0 Å². The van der Waals surface area contributed by atoms with Gasteiger partial charge in [-0.2, -0.15) is 0 Å². The van der Waals surface area contributed by atoms with E-state index in [0.29, 0.717) is 5.41 Å². The van der Waals surface area contributed by atoms with E-state index in [1.165, 1.54) is 58.2 Å². The summed E-state index contributed by atoms with van der Waals surface area (Å²) in [6.07, 6.45) is 8.68. The SMILES string of the molecule is CCCC1(C)CCN(CC2CC2)CC1. The fourth-order valence-electron chi connectivity index (χ4n) is 2.79. The molecule has 0 N–H and O–H groups in total. The Labute approximate surface area is 88.9 Å². The minimum absolute atomic E-state index is 0.675. The quantitative estimate of drug-likeness (QED) is 0.665. The molecule has 0 spiro atoms. The average molecular weight is 195 g/mol. The number of nitrogens with zero attached hydrogens (tertiary/aromatic N) is 1. The van der Waals surface area contributed by atoms with Gasteiger partial charge in [-0.1, -0.05) is 20.3 Å². The summed E-state index contributed by atoms with van der Waals surface area (Å²) < 4.78 is 0. The van der Waals surface area contributed by atoms with Crippen molar-refractivity contribution in [2.24, 2.45) is 11.3 Å². The number of likely N-dealkylation sites (tertiary alicyclic amines) is 1. The Morgan fingerprint density at radius 2 is 1.86 bits per heavy atom. The number of hydrogen-bond donors (Lipinski definition) is 0. The van der Waals surface area contributed by atoms with Crippen LogP contribution in [-0.2, 0) is 0 Å². The molecule has 14 heavy (non-hydrogen) atoms. The highest BCUT2D eigenvalue weighted by Crippen LogP contribution is 2.37. The lowest BCUT2D eigenvalue weighted by atomic mass is 9.77. The van der Waals surface area contributed by atoms with Crippen molar-refractivity contribution in [1.29, 1.82) is 0 Å². The Bertz CT molecular complexity index is 176. The molecular weight excluding hydrogens is 170 g/mol. The highest BCUT2D eigenvalue weighted by molar-refractivity contribution is 4.85. The summed E-state index contributed by atoms with van der Waals surface area (Å²) in [7, 11) is 0. The Morgan fingerprint density at radius 3 is 2.36 bits per heavy atom. The zero-order valence-corrected chi connectivity index (χ0v) is 9.89. The zero-order valence-electron chi connectivity index (χ0n) is 9.89. The first-order chi connectivity index (χ1) is 6.72. The van der Waals surface area contributed by atoms with Crippen LogP contribution in [0.25, 0.3) is 0 Å². The fraction of sp³-hybridized carbons (Fsp3) is 1.00. The van der Waals surface area contributed by atoms with Gasteiger partial charge in [-0.25, -0.2) is 0 Å². The van der Waals surface area contributed by atoms with Crippen LogP contribution >= 0.6 is 0 Å². The first-order valence-corrected chi connectivity index (χ1v) is 6.44. The average Bonchev–Trinajstić information content (AvgIpc) is 2.94. The normalized spacial score (nSPS) is 27.9. The highest BCUT2D eigenvalue weighted by atomic mass is 15.1. The van der Waals surface area contributed by atoms with Crippen LogP contribution in [0.2, 0.25) is 0 Å². The van der Waals surface area contributed by atoms with Gasteiger partial charge in [0.25, 0.3) is 0 Å². The first-order valence-electron chi connectivity index (χ1n) is 6.44. The van der Waals surface area contributed by atoms with Gasteiger partial charge in [0, 0.05) is 6.54 Å². The molecule has 1 aliphatic heterocycles. The van der Waals surface area contributed by atoms with Gasteiger partial charge in [-0.05, 0) is 56.5 Å². The number of hydrogen-bond acceptors (Lipinski definition) is 1. The minimum atomic E-state index is 0.675. The van der Waals surface area contributed by atoms with Gasteiger partial charge >= 0.3 is 0 Å². The van der Waals surface area contributed by atoms with E-state index >= 15 is 0 Å². The Morgan fingerprint density at radius 1 is 1.21 bits per heavy atom. The van der Waals surface area contributed by atoms with Crippen molar-refractivity contribution < 1.29 is 0 Å². The van der Waals surface area contributed by atoms with Crippen LogP contribution in [0.5, 0.6) is 0 Å². The predicted molar refractivity (Wildman–Crippen MR) is 61.4 cm³/mol. The molecule has 0 aromatic carbocycles. The third kappa shape index (κ3) is 2.73. The molecule has 1 saturated heterocycles. The molecule has 1 heteroatoms. The van der Waals surface area contributed by atoms with E-state index < -0.39 is 0 Å². The second-order valence-electron chi connectivity index (χ2n) is 5.80. The number of piperidine rings is 1. The molecule has 0 atom stereocenters. The molecule has 0 aromatic heterocycles. The minimum Gasteiger partial charge on any atom is -0.303 e. The van der Waals surface area contributed by atoms with Crippen molar-refractivity contribution in [2.45, 2.75) is 52.4 Å². The van der Waals surface area contributed by atoms with Crippen LogP contribution < -0.4 is 0 Å². The largest absolute Gasteiger partial charge is 0.303 e. The molecule has 2 aliphatic rings. The molecule has 1 saturated carbocycles. The molecule has 2 rings (SSSR count). The summed E-state index contributed by atoms with van der Waals surface area (Å²) in [4.78, 5) is 2.70. The van der Waals surface area contributed by atoms with Crippen molar-refractivity contribution in [1.82, 2.24) is 4.90 Å². The molecule has 0 bridgehead atoms. The fourth-order valence-corrected chi connectivity index (χ4v) is 2.79. The molecule has 0 radical (unpaired) electrons. The van der Waals surface area contributed by atoms with Crippen LogP contribution in [-0.4, -0.2) is 24.5 Å². The lowest BCUT2D eigenvalue weighted by molar-refractivity contribution is 0.106. The monoisotopic (exact) mass is 195 g/mol. The van der Waals surface area contributed by atoms with Crippen molar-refractivity contribution in [3.63, 3.8) is 0 Å². The van der Waals surface area contributed by atoms with Crippen LogP contribution in [0, 0.1) is 11.3 Å². The van der Waals surface area contributed by atoms with Crippen LogP contribution in [0.3, 0.4) is 0 Å². The van der Waals surface area contributed by atoms with Crippen LogP contribution in [0.4, 0.5) is 0 Å². The Balaban J connectivity index is 1.72. The summed E-state index contributed by atoms with van der Waals surface area (Å²) in [5.74, 6) is 1.07. The van der Waals surface area contributed by atoms with Crippen molar-refractivity contribution >= 4 is 0 Å². The maximum atomic E-state index is 2.70. The Kier molecular flexibility index (Phi) is 3.16.